The number of esters is 2. The summed E-state index contributed by atoms with van der Waals surface area (Å²) >= 11 is 0. The largest absolute Gasteiger partial charge is 0.466 e. The van der Waals surface area contributed by atoms with E-state index in [1.54, 1.807) is 0 Å². The summed E-state index contributed by atoms with van der Waals surface area (Å²) in [5.74, 6) is -0.971. The topological polar surface area (TPSA) is 61.8 Å². The molecule has 1 heterocycles. The number of rotatable bonds is 2. The highest BCUT2D eigenvalue weighted by Crippen LogP contribution is 2.19. The van der Waals surface area contributed by atoms with Crippen LogP contribution in [0.1, 0.15) is 12.8 Å². The van der Waals surface area contributed by atoms with Gasteiger partial charge in [-0.3, -0.25) is 0 Å². The zero-order valence-electron chi connectivity index (χ0n) is 8.87. The third-order valence-electron chi connectivity index (χ3n) is 2.22. The Kier molecular flexibility index (Phi) is 4.30. The normalized spacial score (nSPS) is 16.9. The van der Waals surface area contributed by atoms with Crippen molar-refractivity contribution in [3.8, 4) is 0 Å². The zero-order valence-corrected chi connectivity index (χ0v) is 8.87. The predicted molar refractivity (Wildman–Crippen MR) is 51.1 cm³/mol. The number of hydrogen-bond donors (Lipinski definition) is 0. The Hall–Kier alpha value is -1.36. The molecule has 0 aromatic rings. The zero-order chi connectivity index (χ0) is 11.3. The molecule has 0 saturated heterocycles. The molecule has 0 aromatic carbocycles. The van der Waals surface area contributed by atoms with Crippen LogP contribution in [0, 0.1) is 0 Å². The predicted octanol–water partition coefficient (Wildman–Crippen LogP) is 0.439. The van der Waals surface area contributed by atoms with Gasteiger partial charge in [0.1, 0.15) is 0 Å². The fourth-order valence-corrected chi connectivity index (χ4v) is 1.45. The lowest BCUT2D eigenvalue weighted by Crippen LogP contribution is -2.14. The molecule has 0 aromatic heterocycles. The molecule has 1 rings (SSSR count). The lowest BCUT2D eigenvalue weighted by atomic mass is 10.0. The first kappa shape index (κ1) is 11.7. The molecule has 84 valence electrons. The smallest absolute Gasteiger partial charge is 0.334 e. The minimum atomic E-state index is -0.485. The van der Waals surface area contributed by atoms with Crippen LogP contribution in [0.4, 0.5) is 0 Å². The van der Waals surface area contributed by atoms with Crippen molar-refractivity contribution in [2.75, 3.05) is 27.4 Å². The number of hydrogen-bond acceptors (Lipinski definition) is 5. The van der Waals surface area contributed by atoms with Crippen LogP contribution >= 0.6 is 0 Å². The summed E-state index contributed by atoms with van der Waals surface area (Å²) in [6.07, 6.45) is 0.772. The molecule has 0 saturated carbocycles. The summed E-state index contributed by atoms with van der Waals surface area (Å²) in [6.45, 7) is 0.843. The molecule has 0 amide bonds. The van der Waals surface area contributed by atoms with E-state index in [9.17, 15) is 9.59 Å². The molecular weight excluding hydrogens is 200 g/mol. The van der Waals surface area contributed by atoms with E-state index in [4.69, 9.17) is 4.74 Å². The summed E-state index contributed by atoms with van der Waals surface area (Å²) in [6, 6.07) is 0. The van der Waals surface area contributed by atoms with Crippen molar-refractivity contribution in [1.29, 1.82) is 0 Å². The van der Waals surface area contributed by atoms with Crippen molar-refractivity contribution in [2.45, 2.75) is 12.8 Å². The minimum absolute atomic E-state index is 0.363. The highest BCUT2D eigenvalue weighted by molar-refractivity contribution is 6.00. The summed E-state index contributed by atoms with van der Waals surface area (Å²) in [4.78, 5) is 22.8. The van der Waals surface area contributed by atoms with Gasteiger partial charge >= 0.3 is 11.9 Å². The minimum Gasteiger partial charge on any atom is -0.466 e. The van der Waals surface area contributed by atoms with Crippen molar-refractivity contribution >= 4 is 11.9 Å². The Bertz CT molecular complexity index is 264. The second-order valence-electron chi connectivity index (χ2n) is 3.05. The van der Waals surface area contributed by atoms with Gasteiger partial charge in [0.15, 0.2) is 0 Å². The van der Waals surface area contributed by atoms with Gasteiger partial charge in [-0.25, -0.2) is 9.59 Å². The first-order chi connectivity index (χ1) is 7.20. The Morgan fingerprint density at radius 2 is 1.40 bits per heavy atom. The average molecular weight is 214 g/mol. The van der Waals surface area contributed by atoms with Crippen molar-refractivity contribution in [2.24, 2.45) is 0 Å². The first-order valence-corrected chi connectivity index (χ1v) is 4.67. The van der Waals surface area contributed by atoms with Gasteiger partial charge in [-0.2, -0.15) is 0 Å². The molecule has 0 bridgehead atoms. The van der Waals surface area contributed by atoms with Crippen LogP contribution in [-0.2, 0) is 23.8 Å². The van der Waals surface area contributed by atoms with E-state index in [0.29, 0.717) is 37.2 Å². The second-order valence-corrected chi connectivity index (χ2v) is 3.05. The maximum absolute atomic E-state index is 11.4. The SMILES string of the molecule is COC(=O)C1=C(C(=O)OC)CCOCC1. The van der Waals surface area contributed by atoms with Crippen LogP contribution in [0.25, 0.3) is 0 Å². The van der Waals surface area contributed by atoms with Crippen LogP contribution in [-0.4, -0.2) is 39.4 Å². The van der Waals surface area contributed by atoms with E-state index in [-0.39, 0.29) is 0 Å². The van der Waals surface area contributed by atoms with Crippen molar-refractivity contribution < 1.29 is 23.8 Å². The van der Waals surface area contributed by atoms with Crippen LogP contribution in [0.5, 0.6) is 0 Å². The molecule has 0 aliphatic carbocycles. The fraction of sp³-hybridized carbons (Fsp3) is 0.600. The summed E-state index contributed by atoms with van der Waals surface area (Å²) in [5, 5.41) is 0. The average Bonchev–Trinajstić information content (AvgIpc) is 2.52. The van der Waals surface area contributed by atoms with Crippen LogP contribution in [0.15, 0.2) is 11.1 Å². The summed E-state index contributed by atoms with van der Waals surface area (Å²) < 4.78 is 14.4. The second kappa shape index (κ2) is 5.50. The number of carbonyl (C=O) groups excluding carboxylic acids is 2. The van der Waals surface area contributed by atoms with Crippen molar-refractivity contribution in [1.82, 2.24) is 0 Å². The van der Waals surface area contributed by atoms with Gasteiger partial charge in [-0.05, 0) is 0 Å². The fourth-order valence-electron chi connectivity index (χ4n) is 1.45. The third-order valence-corrected chi connectivity index (χ3v) is 2.22. The maximum atomic E-state index is 11.4. The Labute approximate surface area is 88.0 Å². The van der Waals surface area contributed by atoms with Gasteiger partial charge in [-0.1, -0.05) is 0 Å². The van der Waals surface area contributed by atoms with Crippen LogP contribution in [0.3, 0.4) is 0 Å². The molecule has 15 heavy (non-hydrogen) atoms. The molecule has 1 aliphatic heterocycles. The van der Waals surface area contributed by atoms with E-state index in [0.717, 1.165) is 0 Å². The van der Waals surface area contributed by atoms with E-state index in [1.165, 1.54) is 14.2 Å². The van der Waals surface area contributed by atoms with Crippen molar-refractivity contribution in [3.05, 3.63) is 11.1 Å². The van der Waals surface area contributed by atoms with E-state index >= 15 is 0 Å². The van der Waals surface area contributed by atoms with Crippen LogP contribution in [0.2, 0.25) is 0 Å². The molecule has 1 aliphatic rings. The van der Waals surface area contributed by atoms with E-state index < -0.39 is 11.9 Å². The van der Waals surface area contributed by atoms with Crippen molar-refractivity contribution in [3.63, 3.8) is 0 Å². The lowest BCUT2D eigenvalue weighted by molar-refractivity contribution is -0.139. The van der Waals surface area contributed by atoms with Gasteiger partial charge in [0, 0.05) is 24.0 Å². The Balaban J connectivity index is 2.99. The molecule has 5 nitrogen and oxygen atoms in total. The Morgan fingerprint density at radius 1 is 1.00 bits per heavy atom. The van der Waals surface area contributed by atoms with Gasteiger partial charge in [0.2, 0.25) is 0 Å². The molecular formula is C10H14O5. The maximum Gasteiger partial charge on any atom is 0.334 e. The molecule has 5 heteroatoms. The highest BCUT2D eigenvalue weighted by Gasteiger charge is 2.23. The molecule has 0 fully saturated rings. The molecule has 0 N–H and O–H groups in total. The molecule has 0 radical (unpaired) electrons. The monoisotopic (exact) mass is 214 g/mol. The Morgan fingerprint density at radius 3 is 1.73 bits per heavy atom. The number of methoxy groups -OCH3 is 2. The molecule has 0 unspecified atom stereocenters. The summed E-state index contributed by atoms with van der Waals surface area (Å²) in [5.41, 5.74) is 0.726. The lowest BCUT2D eigenvalue weighted by Gasteiger charge is -2.07. The van der Waals surface area contributed by atoms with Gasteiger partial charge in [0.25, 0.3) is 0 Å². The van der Waals surface area contributed by atoms with Crippen LogP contribution < -0.4 is 0 Å². The number of ether oxygens (including phenoxy) is 3. The molecule has 0 atom stereocenters. The molecule has 0 spiro atoms. The van der Waals surface area contributed by atoms with E-state index in [1.807, 2.05) is 0 Å². The van der Waals surface area contributed by atoms with Gasteiger partial charge < -0.3 is 14.2 Å². The van der Waals surface area contributed by atoms with E-state index in [2.05, 4.69) is 9.47 Å². The van der Waals surface area contributed by atoms with Gasteiger partial charge in [0.05, 0.1) is 27.4 Å². The number of carbonyl (C=O) groups is 2. The standard InChI is InChI=1S/C10H14O5/c1-13-9(11)7-3-5-15-6-4-8(7)10(12)14-2/h3-6H2,1-2H3. The van der Waals surface area contributed by atoms with Gasteiger partial charge in [-0.15, -0.1) is 0 Å². The summed E-state index contributed by atoms with van der Waals surface area (Å²) in [7, 11) is 2.58. The first-order valence-electron chi connectivity index (χ1n) is 4.67. The highest BCUT2D eigenvalue weighted by atomic mass is 16.5. The third kappa shape index (κ3) is 2.79. The quantitative estimate of drug-likeness (QED) is 0.624.